The lowest BCUT2D eigenvalue weighted by Gasteiger charge is -2.35. The molecule has 1 fully saturated rings. The highest BCUT2D eigenvalue weighted by Gasteiger charge is 2.30. The summed E-state index contributed by atoms with van der Waals surface area (Å²) in [6.07, 6.45) is 2.68. The first-order valence-electron chi connectivity index (χ1n) is 9.78. The average molecular weight is 407 g/mol. The topological polar surface area (TPSA) is 120 Å². The first-order valence-corrected chi connectivity index (χ1v) is 9.78. The number of nitrogens with one attached hydrogen (secondary N) is 2. The van der Waals surface area contributed by atoms with E-state index in [-0.39, 0.29) is 18.9 Å². The molecule has 3 atom stereocenters. The van der Waals surface area contributed by atoms with E-state index in [1.54, 1.807) is 26.0 Å². The second-order valence-corrected chi connectivity index (χ2v) is 7.49. The zero-order valence-electron chi connectivity index (χ0n) is 17.1. The maximum Gasteiger partial charge on any atom is 0.319 e. The van der Waals surface area contributed by atoms with Gasteiger partial charge in [0, 0.05) is 26.2 Å². The van der Waals surface area contributed by atoms with Gasteiger partial charge in [-0.15, -0.1) is 0 Å². The van der Waals surface area contributed by atoms with Gasteiger partial charge in [-0.05, 0) is 20.9 Å². The summed E-state index contributed by atoms with van der Waals surface area (Å²) in [7, 11) is 2.04. The molecule has 0 bridgehead atoms. The molecule has 0 radical (unpaired) electrons. The lowest BCUT2D eigenvalue weighted by Crippen LogP contribution is -2.51. The van der Waals surface area contributed by atoms with E-state index in [0.717, 1.165) is 13.1 Å². The van der Waals surface area contributed by atoms with Gasteiger partial charge in [0.25, 0.3) is 0 Å². The Kier molecular flexibility index (Phi) is 6.88. The van der Waals surface area contributed by atoms with Crippen LogP contribution in [0.15, 0.2) is 16.7 Å². The quantitative estimate of drug-likeness (QED) is 0.599. The molecule has 160 valence electrons. The molecule has 10 heteroatoms. The van der Waals surface area contributed by atoms with Gasteiger partial charge in [0.05, 0.1) is 25.2 Å². The second kappa shape index (κ2) is 9.38. The molecular weight excluding hydrogens is 378 g/mol. The third-order valence-electron chi connectivity index (χ3n) is 5.26. The molecule has 0 unspecified atom stereocenters. The molecule has 1 aromatic rings. The summed E-state index contributed by atoms with van der Waals surface area (Å²) in [5.74, 6) is 0.543. The first-order chi connectivity index (χ1) is 13.9. The second-order valence-electron chi connectivity index (χ2n) is 7.49. The standard InChI is InChI=1S/C19H29N5O5/c1-12-18(13(2)29-22-12)21-19(27)20-15-5-4-14(28-16(15)11-25)10-17(26)24-8-6-23(3)7-9-24/h4-5,14-16,25H,6-11H2,1-3H3,(H2,20,21,27)/t14-,15+,16+/m0/s1. The molecule has 3 heterocycles. The maximum atomic E-state index is 12.5. The number of aromatic nitrogens is 1. The van der Waals surface area contributed by atoms with Crippen LogP contribution in [0.25, 0.3) is 0 Å². The third-order valence-corrected chi connectivity index (χ3v) is 5.26. The van der Waals surface area contributed by atoms with Gasteiger partial charge in [0.15, 0.2) is 5.76 Å². The number of nitrogens with zero attached hydrogens (tertiary/aromatic N) is 3. The predicted octanol–water partition coefficient (Wildman–Crippen LogP) is 0.262. The highest BCUT2D eigenvalue weighted by atomic mass is 16.5. The van der Waals surface area contributed by atoms with Gasteiger partial charge in [0.1, 0.15) is 17.5 Å². The monoisotopic (exact) mass is 407 g/mol. The Balaban J connectivity index is 1.54. The summed E-state index contributed by atoms with van der Waals surface area (Å²) in [5, 5.41) is 18.9. The number of ether oxygens (including phenoxy) is 1. The molecule has 29 heavy (non-hydrogen) atoms. The molecule has 2 aliphatic rings. The van der Waals surface area contributed by atoms with E-state index >= 15 is 0 Å². The van der Waals surface area contributed by atoms with Crippen LogP contribution >= 0.6 is 0 Å². The van der Waals surface area contributed by atoms with E-state index in [2.05, 4.69) is 20.7 Å². The number of aryl methyl sites for hydroxylation is 2. The Hall–Kier alpha value is -2.43. The van der Waals surface area contributed by atoms with Crippen molar-refractivity contribution in [3.8, 4) is 0 Å². The van der Waals surface area contributed by atoms with Gasteiger partial charge in [-0.1, -0.05) is 17.3 Å². The number of rotatable bonds is 5. The zero-order chi connectivity index (χ0) is 21.0. The van der Waals surface area contributed by atoms with E-state index in [9.17, 15) is 14.7 Å². The number of amides is 3. The van der Waals surface area contributed by atoms with Crippen molar-refractivity contribution in [1.29, 1.82) is 0 Å². The van der Waals surface area contributed by atoms with Crippen LogP contribution in [-0.4, -0.2) is 90.1 Å². The number of carbonyl (C=O) groups excluding carboxylic acids is 2. The lowest BCUT2D eigenvalue weighted by molar-refractivity contribution is -0.137. The fourth-order valence-corrected chi connectivity index (χ4v) is 3.46. The summed E-state index contributed by atoms with van der Waals surface area (Å²) in [5.41, 5.74) is 1.09. The molecule has 0 aromatic carbocycles. The Morgan fingerprint density at radius 1 is 1.24 bits per heavy atom. The largest absolute Gasteiger partial charge is 0.394 e. The van der Waals surface area contributed by atoms with Gasteiger partial charge in [-0.2, -0.15) is 0 Å². The van der Waals surface area contributed by atoms with E-state index in [4.69, 9.17) is 9.26 Å². The van der Waals surface area contributed by atoms with Crippen LogP contribution < -0.4 is 10.6 Å². The highest BCUT2D eigenvalue weighted by Crippen LogP contribution is 2.20. The van der Waals surface area contributed by atoms with Crippen LogP contribution in [0.4, 0.5) is 10.5 Å². The molecule has 2 aliphatic heterocycles. The Morgan fingerprint density at radius 2 is 1.97 bits per heavy atom. The van der Waals surface area contributed by atoms with Gasteiger partial charge >= 0.3 is 6.03 Å². The molecule has 3 amide bonds. The minimum absolute atomic E-state index is 0.0343. The maximum absolute atomic E-state index is 12.5. The van der Waals surface area contributed by atoms with E-state index in [1.165, 1.54) is 0 Å². The van der Waals surface area contributed by atoms with Gasteiger partial charge < -0.3 is 34.8 Å². The number of aliphatic hydroxyl groups is 1. The molecule has 0 spiro atoms. The fourth-order valence-electron chi connectivity index (χ4n) is 3.46. The third kappa shape index (κ3) is 5.34. The smallest absolute Gasteiger partial charge is 0.319 e. The normalized spacial score (nSPS) is 25.1. The van der Waals surface area contributed by atoms with Gasteiger partial charge in [0.2, 0.25) is 5.91 Å². The minimum Gasteiger partial charge on any atom is -0.394 e. The number of hydrogen-bond donors (Lipinski definition) is 3. The van der Waals surface area contributed by atoms with E-state index in [1.807, 2.05) is 11.9 Å². The molecule has 3 rings (SSSR count). The molecule has 0 saturated carbocycles. The van der Waals surface area contributed by atoms with Crippen LogP contribution in [-0.2, 0) is 9.53 Å². The zero-order valence-corrected chi connectivity index (χ0v) is 17.1. The lowest BCUT2D eigenvalue weighted by atomic mass is 10.0. The van der Waals surface area contributed by atoms with Crippen molar-refractivity contribution in [3.05, 3.63) is 23.6 Å². The van der Waals surface area contributed by atoms with Crippen molar-refractivity contribution in [3.63, 3.8) is 0 Å². The summed E-state index contributed by atoms with van der Waals surface area (Å²) in [4.78, 5) is 28.8. The number of aliphatic hydroxyl groups excluding tert-OH is 1. The van der Waals surface area contributed by atoms with Gasteiger partial charge in [-0.25, -0.2) is 4.79 Å². The molecular formula is C19H29N5O5. The number of urea groups is 1. The van der Waals surface area contributed by atoms with Crippen molar-refractivity contribution in [1.82, 2.24) is 20.3 Å². The average Bonchev–Trinajstić information content (AvgIpc) is 3.01. The SMILES string of the molecule is Cc1noc(C)c1NC(=O)N[C@@H]1C=C[C@@H](CC(=O)N2CCN(C)CC2)O[C@@H]1CO. The van der Waals surface area contributed by atoms with Crippen LogP contribution in [0.3, 0.4) is 0 Å². The number of hydrogen-bond acceptors (Lipinski definition) is 7. The fraction of sp³-hybridized carbons (Fsp3) is 0.632. The summed E-state index contributed by atoms with van der Waals surface area (Å²) < 4.78 is 10.9. The molecule has 1 aromatic heterocycles. The van der Waals surface area contributed by atoms with Crippen LogP contribution in [0.2, 0.25) is 0 Å². The van der Waals surface area contributed by atoms with Crippen LogP contribution in [0.1, 0.15) is 17.9 Å². The molecule has 10 nitrogen and oxygen atoms in total. The minimum atomic E-state index is -0.638. The first kappa shape index (κ1) is 21.3. The summed E-state index contributed by atoms with van der Waals surface area (Å²) in [6.45, 7) is 6.30. The summed E-state index contributed by atoms with van der Waals surface area (Å²) in [6, 6.07) is -0.974. The van der Waals surface area contributed by atoms with Crippen LogP contribution in [0, 0.1) is 13.8 Å². The molecule has 0 aliphatic carbocycles. The molecule has 1 saturated heterocycles. The van der Waals surface area contributed by atoms with Crippen LogP contribution in [0.5, 0.6) is 0 Å². The van der Waals surface area contributed by atoms with Gasteiger partial charge in [-0.3, -0.25) is 4.79 Å². The molecule has 3 N–H and O–H groups in total. The van der Waals surface area contributed by atoms with Crippen molar-refractivity contribution in [2.75, 3.05) is 45.2 Å². The number of likely N-dealkylation sites (N-methyl/N-ethyl adjacent to an activating group) is 1. The Morgan fingerprint density at radius 3 is 2.59 bits per heavy atom. The van der Waals surface area contributed by atoms with Crippen molar-refractivity contribution < 1.29 is 24.0 Å². The number of piperazine rings is 1. The Labute approximate surface area is 169 Å². The van der Waals surface area contributed by atoms with Crippen molar-refractivity contribution >= 4 is 17.6 Å². The van der Waals surface area contributed by atoms with Crippen molar-refractivity contribution in [2.24, 2.45) is 0 Å². The van der Waals surface area contributed by atoms with Crippen molar-refractivity contribution in [2.45, 2.75) is 38.5 Å². The Bertz CT molecular complexity index is 737. The van der Waals surface area contributed by atoms with E-state index < -0.39 is 24.3 Å². The highest BCUT2D eigenvalue weighted by molar-refractivity contribution is 5.90. The van der Waals surface area contributed by atoms with E-state index in [0.29, 0.717) is 30.2 Å². The number of anilines is 1. The predicted molar refractivity (Wildman–Crippen MR) is 106 cm³/mol. The summed E-state index contributed by atoms with van der Waals surface area (Å²) >= 11 is 0. The number of carbonyl (C=O) groups is 2.